The zero-order valence-electron chi connectivity index (χ0n) is 17.9. The summed E-state index contributed by atoms with van der Waals surface area (Å²) in [7, 11) is 1.35. The standard InChI is InChI=1S/C23H15ClN4O7/c1-34-21-7-5-14(9-15(13-25)23(29)26-17-4-2-3-16(24)11-17)10-22(21)35-20-8-6-18(27(30)31)12-19(20)28(32)33/h2-12H,1H3,(H,26,29)/b15-9+. The van der Waals surface area contributed by atoms with Gasteiger partial charge in [0.25, 0.3) is 11.6 Å². The molecule has 0 bridgehead atoms. The Morgan fingerprint density at radius 3 is 2.40 bits per heavy atom. The molecule has 0 aliphatic heterocycles. The molecule has 1 N–H and O–H groups in total. The summed E-state index contributed by atoms with van der Waals surface area (Å²) in [6.07, 6.45) is 1.29. The molecule has 0 unspecified atom stereocenters. The Kier molecular flexibility index (Phi) is 7.60. The molecule has 0 radical (unpaired) electrons. The number of amides is 1. The zero-order valence-corrected chi connectivity index (χ0v) is 18.7. The summed E-state index contributed by atoms with van der Waals surface area (Å²) in [5, 5.41) is 34.8. The number of anilines is 1. The van der Waals surface area contributed by atoms with Crippen LogP contribution in [-0.2, 0) is 4.79 Å². The minimum atomic E-state index is -0.813. The third-order valence-corrected chi connectivity index (χ3v) is 4.75. The molecular weight excluding hydrogens is 480 g/mol. The van der Waals surface area contributed by atoms with E-state index in [9.17, 15) is 30.3 Å². The number of non-ortho nitro benzene ring substituents is 1. The van der Waals surface area contributed by atoms with Crippen LogP contribution in [0.4, 0.5) is 17.1 Å². The SMILES string of the molecule is COc1ccc(/C=C(\C#N)C(=O)Nc2cccc(Cl)c2)cc1Oc1ccc([N+](=O)[O-])cc1[N+](=O)[O-]. The number of nitrogens with zero attached hydrogens (tertiary/aromatic N) is 3. The molecule has 35 heavy (non-hydrogen) atoms. The van der Waals surface area contributed by atoms with Gasteiger partial charge in [-0.25, -0.2) is 0 Å². The summed E-state index contributed by atoms with van der Waals surface area (Å²) in [6.45, 7) is 0. The van der Waals surface area contributed by atoms with Gasteiger partial charge in [0.15, 0.2) is 11.5 Å². The number of carbonyl (C=O) groups is 1. The minimum Gasteiger partial charge on any atom is -0.493 e. The lowest BCUT2D eigenvalue weighted by atomic mass is 10.1. The van der Waals surface area contributed by atoms with Crippen LogP contribution < -0.4 is 14.8 Å². The van der Waals surface area contributed by atoms with Crippen LogP contribution in [0.2, 0.25) is 5.02 Å². The van der Waals surface area contributed by atoms with Crippen molar-refractivity contribution < 1.29 is 24.1 Å². The van der Waals surface area contributed by atoms with Crippen LogP contribution in [0.5, 0.6) is 17.2 Å². The van der Waals surface area contributed by atoms with Gasteiger partial charge in [-0.15, -0.1) is 0 Å². The Balaban J connectivity index is 1.94. The van der Waals surface area contributed by atoms with Gasteiger partial charge in [-0.3, -0.25) is 25.0 Å². The topological polar surface area (TPSA) is 158 Å². The zero-order chi connectivity index (χ0) is 25.5. The third-order valence-electron chi connectivity index (χ3n) is 4.52. The van der Waals surface area contributed by atoms with Crippen LogP contribution in [0.15, 0.2) is 66.2 Å². The highest BCUT2D eigenvalue weighted by molar-refractivity contribution is 6.31. The number of nitrogens with one attached hydrogen (secondary N) is 1. The van der Waals surface area contributed by atoms with Gasteiger partial charge in [0, 0.05) is 16.8 Å². The number of nitro groups is 2. The van der Waals surface area contributed by atoms with E-state index in [2.05, 4.69) is 5.32 Å². The van der Waals surface area contributed by atoms with Crippen LogP contribution in [0.25, 0.3) is 6.08 Å². The van der Waals surface area contributed by atoms with E-state index in [1.54, 1.807) is 24.3 Å². The van der Waals surface area contributed by atoms with Gasteiger partial charge in [-0.2, -0.15) is 5.26 Å². The first kappa shape index (κ1) is 24.7. The fourth-order valence-electron chi connectivity index (χ4n) is 2.91. The highest BCUT2D eigenvalue weighted by Crippen LogP contribution is 2.38. The Labute approximate surface area is 203 Å². The quantitative estimate of drug-likeness (QED) is 0.186. The molecular formula is C23H15ClN4O7. The number of ether oxygens (including phenoxy) is 2. The molecule has 0 aromatic heterocycles. The highest BCUT2D eigenvalue weighted by atomic mass is 35.5. The van der Waals surface area contributed by atoms with E-state index in [1.807, 2.05) is 6.07 Å². The maximum absolute atomic E-state index is 12.5. The molecule has 0 saturated carbocycles. The lowest BCUT2D eigenvalue weighted by Gasteiger charge is -2.11. The smallest absolute Gasteiger partial charge is 0.318 e. The predicted octanol–water partition coefficient (Wildman–Crippen LogP) is 5.50. The molecule has 12 heteroatoms. The van der Waals surface area contributed by atoms with Crippen molar-refractivity contribution in [3.05, 3.63) is 97.1 Å². The van der Waals surface area contributed by atoms with Gasteiger partial charge in [0.05, 0.1) is 23.0 Å². The second-order valence-corrected chi connectivity index (χ2v) is 7.25. The van der Waals surface area contributed by atoms with Crippen molar-refractivity contribution in [2.45, 2.75) is 0 Å². The molecule has 0 fully saturated rings. The number of benzene rings is 3. The Hall–Kier alpha value is -4.95. The number of nitriles is 1. The number of halogens is 1. The van der Waals surface area contributed by atoms with E-state index < -0.39 is 27.1 Å². The van der Waals surface area contributed by atoms with Crippen molar-refractivity contribution >= 4 is 40.6 Å². The number of methoxy groups -OCH3 is 1. The number of hydrogen-bond acceptors (Lipinski definition) is 8. The van der Waals surface area contributed by atoms with E-state index in [4.69, 9.17) is 21.1 Å². The maximum atomic E-state index is 12.5. The first-order valence-corrected chi connectivity index (χ1v) is 10.1. The van der Waals surface area contributed by atoms with Crippen LogP contribution >= 0.6 is 11.6 Å². The van der Waals surface area contributed by atoms with Crippen molar-refractivity contribution in [2.24, 2.45) is 0 Å². The molecule has 3 aromatic rings. The van der Waals surface area contributed by atoms with Crippen molar-refractivity contribution in [3.8, 4) is 23.3 Å². The first-order chi connectivity index (χ1) is 16.7. The van der Waals surface area contributed by atoms with Crippen LogP contribution in [0.3, 0.4) is 0 Å². The predicted molar refractivity (Wildman–Crippen MR) is 126 cm³/mol. The van der Waals surface area contributed by atoms with Gasteiger partial charge in [0.1, 0.15) is 11.6 Å². The molecule has 11 nitrogen and oxygen atoms in total. The summed E-state index contributed by atoms with van der Waals surface area (Å²) >= 11 is 5.91. The van der Waals surface area contributed by atoms with Gasteiger partial charge in [-0.05, 0) is 48.0 Å². The third kappa shape index (κ3) is 6.10. The molecule has 1 amide bonds. The van der Waals surface area contributed by atoms with E-state index in [0.717, 1.165) is 18.2 Å². The summed E-state index contributed by atoms with van der Waals surface area (Å²) in [5.41, 5.74) is -0.587. The number of carbonyl (C=O) groups excluding carboxylic acids is 1. The maximum Gasteiger partial charge on any atom is 0.318 e. The van der Waals surface area contributed by atoms with Crippen LogP contribution in [0, 0.1) is 31.6 Å². The molecule has 3 aromatic carbocycles. The molecule has 0 saturated heterocycles. The van der Waals surface area contributed by atoms with Gasteiger partial charge in [-0.1, -0.05) is 23.7 Å². The van der Waals surface area contributed by atoms with Crippen molar-refractivity contribution in [1.29, 1.82) is 5.26 Å². The van der Waals surface area contributed by atoms with E-state index in [0.29, 0.717) is 16.3 Å². The highest BCUT2D eigenvalue weighted by Gasteiger charge is 2.22. The summed E-state index contributed by atoms with van der Waals surface area (Å²) in [4.78, 5) is 33.3. The van der Waals surface area contributed by atoms with E-state index in [-0.39, 0.29) is 22.8 Å². The lowest BCUT2D eigenvalue weighted by molar-refractivity contribution is -0.394. The van der Waals surface area contributed by atoms with Gasteiger partial charge < -0.3 is 14.8 Å². The molecule has 176 valence electrons. The van der Waals surface area contributed by atoms with Crippen LogP contribution in [0.1, 0.15) is 5.56 Å². The molecule has 0 aliphatic carbocycles. The number of nitro benzene ring substituents is 2. The van der Waals surface area contributed by atoms with E-state index in [1.165, 1.54) is 31.4 Å². The monoisotopic (exact) mass is 494 g/mol. The lowest BCUT2D eigenvalue weighted by Crippen LogP contribution is -2.13. The Morgan fingerprint density at radius 1 is 1.03 bits per heavy atom. The summed E-state index contributed by atoms with van der Waals surface area (Å²) in [6, 6.07) is 15.6. The number of rotatable bonds is 8. The van der Waals surface area contributed by atoms with Gasteiger partial charge >= 0.3 is 5.69 Å². The first-order valence-electron chi connectivity index (χ1n) is 9.69. The molecule has 0 aliphatic rings. The van der Waals surface area contributed by atoms with Crippen molar-refractivity contribution in [2.75, 3.05) is 12.4 Å². The second kappa shape index (κ2) is 10.8. The molecule has 0 spiro atoms. The fourth-order valence-corrected chi connectivity index (χ4v) is 3.10. The average molecular weight is 495 g/mol. The molecule has 3 rings (SSSR count). The minimum absolute atomic E-state index is 0.0192. The normalized spacial score (nSPS) is 10.7. The van der Waals surface area contributed by atoms with Crippen molar-refractivity contribution in [1.82, 2.24) is 0 Å². The molecule has 0 heterocycles. The van der Waals surface area contributed by atoms with E-state index >= 15 is 0 Å². The largest absolute Gasteiger partial charge is 0.493 e. The summed E-state index contributed by atoms with van der Waals surface area (Å²) < 4.78 is 10.9. The Bertz CT molecular complexity index is 1400. The fraction of sp³-hybridized carbons (Fsp3) is 0.0435. The second-order valence-electron chi connectivity index (χ2n) is 6.81. The number of hydrogen-bond donors (Lipinski definition) is 1. The molecule has 0 atom stereocenters. The van der Waals surface area contributed by atoms with Crippen LogP contribution in [-0.4, -0.2) is 22.9 Å². The van der Waals surface area contributed by atoms with Crippen molar-refractivity contribution in [3.63, 3.8) is 0 Å². The van der Waals surface area contributed by atoms with Gasteiger partial charge in [0.2, 0.25) is 5.75 Å². The Morgan fingerprint density at radius 2 is 1.77 bits per heavy atom. The summed E-state index contributed by atoms with van der Waals surface area (Å²) in [5.74, 6) is -0.735. The average Bonchev–Trinajstić information content (AvgIpc) is 2.82.